The third-order valence-electron chi connectivity index (χ3n) is 6.70. The minimum atomic E-state index is -0.229. The van der Waals surface area contributed by atoms with Gasteiger partial charge in [0.25, 0.3) is 5.56 Å². The number of nitrogens with one attached hydrogen (secondary N) is 1. The van der Waals surface area contributed by atoms with Gasteiger partial charge < -0.3 is 15.1 Å². The number of hydrogen-bond donors (Lipinski definition) is 1. The number of nitrogens with zero attached hydrogens (tertiary/aromatic N) is 5. The van der Waals surface area contributed by atoms with E-state index in [1.165, 1.54) is 5.69 Å². The van der Waals surface area contributed by atoms with Crippen molar-refractivity contribution in [3.8, 4) is 6.07 Å². The Kier molecular flexibility index (Phi) is 5.54. The fourth-order valence-electron chi connectivity index (χ4n) is 4.83. The van der Waals surface area contributed by atoms with Crippen molar-refractivity contribution in [3.05, 3.63) is 58.4 Å². The number of pyridine rings is 2. The van der Waals surface area contributed by atoms with Gasteiger partial charge in [0.15, 0.2) is 0 Å². The largest absolute Gasteiger partial charge is 0.369 e. The normalized spacial score (nSPS) is 17.6. The topological polar surface area (TPSA) is 77.2 Å². The van der Waals surface area contributed by atoms with Crippen LogP contribution in [0.5, 0.6) is 0 Å². The Morgan fingerprint density at radius 3 is 2.44 bits per heavy atom. The van der Waals surface area contributed by atoms with E-state index < -0.39 is 0 Å². The van der Waals surface area contributed by atoms with E-state index in [1.807, 2.05) is 12.1 Å². The van der Waals surface area contributed by atoms with E-state index in [0.717, 1.165) is 62.9 Å². The summed E-state index contributed by atoms with van der Waals surface area (Å²) in [5.41, 5.74) is 2.80. The number of anilines is 3. The number of nitriles is 1. The zero-order chi connectivity index (χ0) is 22.1. The number of aromatic nitrogens is 2. The molecule has 0 amide bonds. The highest BCUT2D eigenvalue weighted by Crippen LogP contribution is 2.31. The van der Waals surface area contributed by atoms with Gasteiger partial charge in [-0.2, -0.15) is 5.26 Å². The molecule has 0 unspecified atom stereocenters. The molecular weight excluding hydrogens is 400 g/mol. The lowest BCUT2D eigenvalue weighted by atomic mass is 10.1. The Balaban J connectivity index is 1.43. The minimum absolute atomic E-state index is 0.115. The summed E-state index contributed by atoms with van der Waals surface area (Å²) in [5, 5.41) is 13.6. The molecule has 5 rings (SSSR count). The molecule has 3 aromatic rings. The summed E-state index contributed by atoms with van der Waals surface area (Å²) in [6, 6.07) is 16.1. The lowest BCUT2D eigenvalue weighted by Gasteiger charge is -2.34. The van der Waals surface area contributed by atoms with Crippen molar-refractivity contribution in [2.45, 2.75) is 31.7 Å². The molecule has 164 valence electrons. The molecule has 0 spiro atoms. The van der Waals surface area contributed by atoms with E-state index in [4.69, 9.17) is 4.98 Å². The number of benzene rings is 1. The van der Waals surface area contributed by atoms with Crippen LogP contribution in [0.4, 0.5) is 17.2 Å². The first kappa shape index (κ1) is 20.5. The molecule has 2 fully saturated rings. The number of piperazine rings is 1. The van der Waals surface area contributed by atoms with Crippen molar-refractivity contribution in [1.29, 1.82) is 5.26 Å². The molecule has 3 heterocycles. The van der Waals surface area contributed by atoms with Crippen LogP contribution in [0.3, 0.4) is 0 Å². The van der Waals surface area contributed by atoms with E-state index >= 15 is 0 Å². The van der Waals surface area contributed by atoms with Crippen LogP contribution in [0.25, 0.3) is 11.0 Å². The van der Waals surface area contributed by atoms with Gasteiger partial charge in [0.1, 0.15) is 23.1 Å². The summed E-state index contributed by atoms with van der Waals surface area (Å²) in [7, 11) is 2.16. The average Bonchev–Trinajstić information content (AvgIpc) is 3.34. The van der Waals surface area contributed by atoms with E-state index in [9.17, 15) is 10.1 Å². The predicted octanol–water partition coefficient (Wildman–Crippen LogP) is 3.88. The third kappa shape index (κ3) is 3.94. The quantitative estimate of drug-likeness (QED) is 0.680. The van der Waals surface area contributed by atoms with Crippen LogP contribution in [-0.2, 0) is 0 Å². The second kappa shape index (κ2) is 8.64. The molecule has 1 aliphatic heterocycles. The number of likely N-dealkylation sites (N-methyl/N-ethyl adjacent to an activating group) is 1. The Morgan fingerprint density at radius 1 is 1.03 bits per heavy atom. The maximum absolute atomic E-state index is 13.0. The molecule has 2 aliphatic rings. The minimum Gasteiger partial charge on any atom is -0.369 e. The monoisotopic (exact) mass is 428 g/mol. The first-order valence-corrected chi connectivity index (χ1v) is 11.4. The first-order valence-electron chi connectivity index (χ1n) is 11.4. The van der Waals surface area contributed by atoms with Gasteiger partial charge in [-0.15, -0.1) is 0 Å². The van der Waals surface area contributed by atoms with E-state index in [2.05, 4.69) is 52.5 Å². The Hall–Kier alpha value is -3.37. The van der Waals surface area contributed by atoms with Crippen LogP contribution < -0.4 is 15.8 Å². The molecule has 0 radical (unpaired) electrons. The first-order chi connectivity index (χ1) is 15.6. The summed E-state index contributed by atoms with van der Waals surface area (Å²) in [5.74, 6) is 0.695. The highest BCUT2D eigenvalue weighted by molar-refractivity contribution is 5.79. The van der Waals surface area contributed by atoms with Crippen molar-refractivity contribution >= 4 is 28.2 Å². The van der Waals surface area contributed by atoms with E-state index in [1.54, 1.807) is 10.6 Å². The molecule has 1 N–H and O–H groups in total. The smallest absolute Gasteiger partial charge is 0.270 e. The molecule has 32 heavy (non-hydrogen) atoms. The number of hydrogen-bond acceptors (Lipinski definition) is 6. The van der Waals surface area contributed by atoms with Crippen LogP contribution in [-0.4, -0.2) is 47.7 Å². The van der Waals surface area contributed by atoms with Crippen LogP contribution in [0, 0.1) is 11.3 Å². The zero-order valence-electron chi connectivity index (χ0n) is 18.4. The van der Waals surface area contributed by atoms with Crippen molar-refractivity contribution in [1.82, 2.24) is 14.5 Å². The molecule has 1 saturated heterocycles. The van der Waals surface area contributed by atoms with E-state index in [0.29, 0.717) is 11.5 Å². The molecule has 2 aromatic heterocycles. The van der Waals surface area contributed by atoms with Crippen LogP contribution >= 0.6 is 0 Å². The number of fused-ring (bicyclic) bond motifs is 1. The number of rotatable bonds is 4. The fraction of sp³-hybridized carbons (Fsp3) is 0.400. The molecule has 7 nitrogen and oxygen atoms in total. The van der Waals surface area contributed by atoms with Gasteiger partial charge in [0.05, 0.1) is 0 Å². The van der Waals surface area contributed by atoms with Gasteiger partial charge in [-0.1, -0.05) is 12.8 Å². The third-order valence-corrected chi connectivity index (χ3v) is 6.70. The van der Waals surface area contributed by atoms with Crippen LogP contribution in [0.2, 0.25) is 0 Å². The van der Waals surface area contributed by atoms with Gasteiger partial charge in [-0.05, 0) is 62.4 Å². The lowest BCUT2D eigenvalue weighted by Crippen LogP contribution is -2.44. The van der Waals surface area contributed by atoms with Gasteiger partial charge in [-0.3, -0.25) is 9.36 Å². The van der Waals surface area contributed by atoms with Crippen molar-refractivity contribution in [2.75, 3.05) is 43.4 Å². The second-order valence-electron chi connectivity index (χ2n) is 8.85. The second-order valence-corrected chi connectivity index (χ2v) is 8.85. The lowest BCUT2D eigenvalue weighted by molar-refractivity contribution is 0.313. The SMILES string of the molecule is CN1CCN(c2ccc(Nc3ccc4cc(C#N)c(=O)n(C5CCCC5)c4n3)cc2)CC1. The zero-order valence-corrected chi connectivity index (χ0v) is 18.4. The summed E-state index contributed by atoms with van der Waals surface area (Å²) in [4.78, 5) is 22.5. The summed E-state index contributed by atoms with van der Waals surface area (Å²) >= 11 is 0. The van der Waals surface area contributed by atoms with Crippen molar-refractivity contribution in [2.24, 2.45) is 0 Å². The molecule has 0 atom stereocenters. The standard InChI is InChI=1S/C25H28N6O/c1-29-12-14-30(15-13-29)21-9-7-20(8-10-21)27-23-11-6-18-16-19(17-26)25(32)31(24(18)28-23)22-4-2-3-5-22/h6-11,16,22H,2-5,12-15H2,1H3,(H,27,28). The Morgan fingerprint density at radius 2 is 1.75 bits per heavy atom. The fourth-order valence-corrected chi connectivity index (χ4v) is 4.83. The van der Waals surface area contributed by atoms with Crippen LogP contribution in [0.15, 0.2) is 47.3 Å². The molecule has 7 heteroatoms. The summed E-state index contributed by atoms with van der Waals surface area (Å²) in [6.45, 7) is 4.24. The average molecular weight is 429 g/mol. The summed E-state index contributed by atoms with van der Waals surface area (Å²) < 4.78 is 1.75. The highest BCUT2D eigenvalue weighted by Gasteiger charge is 2.22. The molecular formula is C25H28N6O. The molecule has 1 saturated carbocycles. The molecule has 1 aromatic carbocycles. The van der Waals surface area contributed by atoms with Gasteiger partial charge in [0, 0.05) is 49.0 Å². The Labute approximate surface area is 187 Å². The molecule has 1 aliphatic carbocycles. The highest BCUT2D eigenvalue weighted by atomic mass is 16.1. The van der Waals surface area contributed by atoms with Crippen LogP contribution in [0.1, 0.15) is 37.3 Å². The van der Waals surface area contributed by atoms with E-state index in [-0.39, 0.29) is 17.2 Å². The van der Waals surface area contributed by atoms with Crippen molar-refractivity contribution < 1.29 is 0 Å². The Bertz CT molecular complexity index is 1210. The van der Waals surface area contributed by atoms with Gasteiger partial charge in [-0.25, -0.2) is 4.98 Å². The maximum Gasteiger partial charge on any atom is 0.270 e. The molecule has 0 bridgehead atoms. The maximum atomic E-state index is 13.0. The van der Waals surface area contributed by atoms with Gasteiger partial charge in [0.2, 0.25) is 0 Å². The van der Waals surface area contributed by atoms with Gasteiger partial charge >= 0.3 is 0 Å². The predicted molar refractivity (Wildman–Crippen MR) is 128 cm³/mol. The summed E-state index contributed by atoms with van der Waals surface area (Å²) in [6.07, 6.45) is 4.12. The van der Waals surface area contributed by atoms with Crippen molar-refractivity contribution in [3.63, 3.8) is 0 Å².